The second-order valence-electron chi connectivity index (χ2n) is 5.84. The molecule has 0 aromatic heterocycles. The van der Waals surface area contributed by atoms with Crippen LogP contribution in [0.3, 0.4) is 0 Å². The van der Waals surface area contributed by atoms with Crippen LogP contribution in [0.15, 0.2) is 42.5 Å². The summed E-state index contributed by atoms with van der Waals surface area (Å²) in [6, 6.07) is 8.99. The van der Waals surface area contributed by atoms with Gasteiger partial charge in [-0.05, 0) is 37.3 Å². The Bertz CT molecular complexity index is 789. The van der Waals surface area contributed by atoms with Crippen molar-refractivity contribution < 1.29 is 23.5 Å². The van der Waals surface area contributed by atoms with Gasteiger partial charge in [0.15, 0.2) is 0 Å². The van der Waals surface area contributed by atoms with Crippen LogP contribution < -0.4 is 10.6 Å². The molecule has 2 rings (SSSR count). The van der Waals surface area contributed by atoms with Crippen molar-refractivity contribution in [1.29, 1.82) is 0 Å². The molecule has 2 aromatic carbocycles. The van der Waals surface area contributed by atoms with Crippen molar-refractivity contribution in [3.63, 3.8) is 0 Å². The number of nitrogens with one attached hydrogen (secondary N) is 2. The van der Waals surface area contributed by atoms with Crippen molar-refractivity contribution in [2.75, 3.05) is 11.9 Å². The van der Waals surface area contributed by atoms with Crippen LogP contribution in [0.1, 0.15) is 29.8 Å². The number of aliphatic hydroxyl groups is 1. The van der Waals surface area contributed by atoms with E-state index in [1.807, 2.05) is 0 Å². The molecule has 0 spiro atoms. The summed E-state index contributed by atoms with van der Waals surface area (Å²) in [6.45, 7) is 2.43. The molecule has 1 unspecified atom stereocenters. The molecule has 132 valence electrons. The first-order chi connectivity index (χ1) is 11.7. The Kier molecular flexibility index (Phi) is 5.48. The summed E-state index contributed by atoms with van der Waals surface area (Å²) in [5.74, 6) is -2.34. The van der Waals surface area contributed by atoms with E-state index in [-0.39, 0.29) is 18.0 Å². The van der Waals surface area contributed by atoms with E-state index >= 15 is 0 Å². The summed E-state index contributed by atoms with van der Waals surface area (Å²) in [5, 5.41) is 15.5. The molecule has 0 aliphatic carbocycles. The van der Waals surface area contributed by atoms with Crippen LogP contribution in [0.25, 0.3) is 0 Å². The molecule has 0 fully saturated rings. The Labute approximate surface area is 143 Å². The number of anilines is 1. The fourth-order valence-corrected chi connectivity index (χ4v) is 2.28. The molecule has 0 radical (unpaired) electrons. The van der Waals surface area contributed by atoms with Crippen molar-refractivity contribution in [2.24, 2.45) is 0 Å². The normalized spacial score (nSPS) is 13.0. The van der Waals surface area contributed by atoms with E-state index in [1.165, 1.54) is 26.0 Å². The highest BCUT2D eigenvalue weighted by atomic mass is 19.1. The van der Waals surface area contributed by atoms with Gasteiger partial charge in [0.1, 0.15) is 17.2 Å². The molecule has 0 saturated heterocycles. The van der Waals surface area contributed by atoms with Crippen molar-refractivity contribution >= 4 is 17.5 Å². The van der Waals surface area contributed by atoms with Gasteiger partial charge in [0.25, 0.3) is 5.91 Å². The quantitative estimate of drug-likeness (QED) is 0.777. The smallest absolute Gasteiger partial charge is 0.251 e. The average Bonchev–Trinajstić information content (AvgIpc) is 2.52. The maximum atomic E-state index is 13.8. The Morgan fingerprint density at radius 1 is 1.12 bits per heavy atom. The Morgan fingerprint density at radius 3 is 2.32 bits per heavy atom. The van der Waals surface area contributed by atoms with Crippen LogP contribution in [0.4, 0.5) is 14.5 Å². The molecule has 7 heteroatoms. The number of halogens is 2. The summed E-state index contributed by atoms with van der Waals surface area (Å²) in [5.41, 5.74) is -0.965. The third-order valence-electron chi connectivity index (χ3n) is 3.57. The van der Waals surface area contributed by atoms with Crippen molar-refractivity contribution in [2.45, 2.75) is 19.4 Å². The first kappa shape index (κ1) is 18.5. The highest BCUT2D eigenvalue weighted by molar-refractivity contribution is 5.95. The zero-order valence-corrected chi connectivity index (χ0v) is 13.8. The molecule has 1 atom stereocenters. The molecular formula is C18H18F2N2O3. The molecule has 2 aromatic rings. The van der Waals surface area contributed by atoms with Gasteiger partial charge in [-0.15, -0.1) is 0 Å². The van der Waals surface area contributed by atoms with Gasteiger partial charge < -0.3 is 15.7 Å². The number of hydrogen-bond acceptors (Lipinski definition) is 3. The molecular weight excluding hydrogens is 330 g/mol. The zero-order chi connectivity index (χ0) is 18.6. The van der Waals surface area contributed by atoms with E-state index in [2.05, 4.69) is 10.6 Å². The lowest BCUT2D eigenvalue weighted by Gasteiger charge is -2.24. The molecule has 0 aliphatic heterocycles. The summed E-state index contributed by atoms with van der Waals surface area (Å²) in [4.78, 5) is 23.1. The molecule has 5 nitrogen and oxygen atoms in total. The second-order valence-corrected chi connectivity index (χ2v) is 5.84. The van der Waals surface area contributed by atoms with E-state index in [0.29, 0.717) is 17.3 Å². The molecule has 25 heavy (non-hydrogen) atoms. The maximum absolute atomic E-state index is 13.8. The maximum Gasteiger partial charge on any atom is 0.251 e. The minimum absolute atomic E-state index is 0.116. The largest absolute Gasteiger partial charge is 0.383 e. The summed E-state index contributed by atoms with van der Waals surface area (Å²) in [7, 11) is 0. The van der Waals surface area contributed by atoms with Crippen molar-refractivity contribution in [1.82, 2.24) is 5.32 Å². The topological polar surface area (TPSA) is 78.4 Å². The Morgan fingerprint density at radius 2 is 1.76 bits per heavy atom. The van der Waals surface area contributed by atoms with E-state index in [9.17, 15) is 23.5 Å². The number of carbonyl (C=O) groups is 2. The second kappa shape index (κ2) is 7.40. The highest BCUT2D eigenvalue weighted by Crippen LogP contribution is 2.23. The van der Waals surface area contributed by atoms with E-state index in [4.69, 9.17) is 0 Å². The fraction of sp³-hybridized carbons (Fsp3) is 0.222. The highest BCUT2D eigenvalue weighted by Gasteiger charge is 2.27. The first-order valence-electron chi connectivity index (χ1n) is 7.53. The standard InChI is InChI=1S/C18H18F2N2O3/c1-11(23)22-14-6-3-12(4-7-14)17(24)21-10-18(2,25)15-8-5-13(19)9-16(15)20/h3-9,25H,10H2,1-2H3,(H,21,24)(H,22,23). The van der Waals surface area contributed by atoms with Gasteiger partial charge in [0, 0.05) is 29.8 Å². The van der Waals surface area contributed by atoms with Crippen LogP contribution in [-0.4, -0.2) is 23.5 Å². The zero-order valence-electron chi connectivity index (χ0n) is 13.8. The number of benzene rings is 2. The molecule has 2 amide bonds. The number of rotatable bonds is 5. The third kappa shape index (κ3) is 4.84. The first-order valence-corrected chi connectivity index (χ1v) is 7.53. The van der Waals surface area contributed by atoms with Gasteiger partial charge >= 0.3 is 0 Å². The van der Waals surface area contributed by atoms with Crippen LogP contribution in [0.2, 0.25) is 0 Å². The van der Waals surface area contributed by atoms with E-state index < -0.39 is 23.1 Å². The average molecular weight is 348 g/mol. The molecule has 0 heterocycles. The predicted molar refractivity (Wildman–Crippen MR) is 89.0 cm³/mol. The van der Waals surface area contributed by atoms with Gasteiger partial charge in [0.05, 0.1) is 6.54 Å². The van der Waals surface area contributed by atoms with Gasteiger partial charge in [-0.25, -0.2) is 8.78 Å². The summed E-state index contributed by atoms with van der Waals surface area (Å²) >= 11 is 0. The lowest BCUT2D eigenvalue weighted by Crippen LogP contribution is -2.39. The third-order valence-corrected chi connectivity index (χ3v) is 3.57. The van der Waals surface area contributed by atoms with Crippen LogP contribution in [0.5, 0.6) is 0 Å². The van der Waals surface area contributed by atoms with Gasteiger partial charge in [0.2, 0.25) is 5.91 Å². The summed E-state index contributed by atoms with van der Waals surface area (Å²) in [6.07, 6.45) is 0. The fourth-order valence-electron chi connectivity index (χ4n) is 2.28. The number of carbonyl (C=O) groups excluding carboxylic acids is 2. The van der Waals surface area contributed by atoms with Crippen LogP contribution in [0, 0.1) is 11.6 Å². The predicted octanol–water partition coefficient (Wildman–Crippen LogP) is 2.56. The van der Waals surface area contributed by atoms with E-state index in [0.717, 1.165) is 12.1 Å². The Hall–Kier alpha value is -2.80. The van der Waals surface area contributed by atoms with Crippen LogP contribution >= 0.6 is 0 Å². The minimum atomic E-state index is -1.70. The Balaban J connectivity index is 2.04. The number of hydrogen-bond donors (Lipinski definition) is 3. The molecule has 0 saturated carbocycles. The van der Waals surface area contributed by atoms with Gasteiger partial charge in [-0.3, -0.25) is 9.59 Å². The van der Waals surface area contributed by atoms with Gasteiger partial charge in [-0.1, -0.05) is 6.07 Å². The monoisotopic (exact) mass is 348 g/mol. The lowest BCUT2D eigenvalue weighted by atomic mass is 9.95. The molecule has 0 aliphatic rings. The lowest BCUT2D eigenvalue weighted by molar-refractivity contribution is -0.114. The van der Waals surface area contributed by atoms with Crippen molar-refractivity contribution in [3.8, 4) is 0 Å². The number of amides is 2. The van der Waals surface area contributed by atoms with Crippen LogP contribution in [-0.2, 0) is 10.4 Å². The molecule has 0 bridgehead atoms. The molecule has 3 N–H and O–H groups in total. The van der Waals surface area contributed by atoms with Crippen molar-refractivity contribution in [3.05, 3.63) is 65.2 Å². The SMILES string of the molecule is CC(=O)Nc1ccc(C(=O)NCC(C)(O)c2ccc(F)cc2F)cc1. The van der Waals surface area contributed by atoms with E-state index in [1.54, 1.807) is 12.1 Å². The minimum Gasteiger partial charge on any atom is -0.383 e. The van der Waals surface area contributed by atoms with Gasteiger partial charge in [-0.2, -0.15) is 0 Å². The summed E-state index contributed by atoms with van der Waals surface area (Å²) < 4.78 is 26.8.